The smallest absolute Gasteiger partial charge is 0.269 e. The summed E-state index contributed by atoms with van der Waals surface area (Å²) in [5.74, 6) is 1.42. The van der Waals surface area contributed by atoms with E-state index in [1.54, 1.807) is 57.8 Å². The number of rotatable bonds is 10. The van der Waals surface area contributed by atoms with Gasteiger partial charge in [0.25, 0.3) is 6.33 Å². The highest BCUT2D eigenvalue weighted by Gasteiger charge is 2.45. The predicted molar refractivity (Wildman–Crippen MR) is 337 cm³/mol. The molecule has 9 aromatic carbocycles. The molecular weight excluding hydrogens is 989 g/mol. The Morgan fingerprint density at radius 1 is 0.537 bits per heavy atom. The maximum absolute atomic E-state index is 10.1. The van der Waals surface area contributed by atoms with Gasteiger partial charge in [-0.15, -0.1) is 0 Å². The predicted octanol–water partition coefficient (Wildman–Crippen LogP) is 15.5. The van der Waals surface area contributed by atoms with Gasteiger partial charge in [0.05, 0.1) is 54.0 Å². The number of pyridine rings is 1. The molecule has 0 N–H and O–H groups in total. The largest absolute Gasteiger partial charge is 0.458 e. The van der Waals surface area contributed by atoms with Crippen molar-refractivity contribution in [3.05, 3.63) is 258 Å². The number of ether oxygens (including phenoxy) is 1. The number of aryl methyl sites for hydroxylation is 2. The zero-order valence-corrected chi connectivity index (χ0v) is 46.9. The summed E-state index contributed by atoms with van der Waals surface area (Å²) >= 11 is 0. The van der Waals surface area contributed by atoms with Crippen LogP contribution < -0.4 is 30.1 Å². The van der Waals surface area contributed by atoms with Crippen molar-refractivity contribution in [3.63, 3.8) is 0 Å². The average molecular weight is 1080 g/mol. The molecule has 3 aromatic heterocycles. The fourth-order valence-electron chi connectivity index (χ4n) is 10.8. The molecule has 396 valence electrons. The molecule has 0 aliphatic carbocycles. The van der Waals surface area contributed by atoms with Gasteiger partial charge < -0.3 is 4.74 Å². The highest BCUT2D eigenvalue weighted by Crippen LogP contribution is 2.39. The molecule has 80 heavy (non-hydrogen) atoms. The van der Waals surface area contributed by atoms with Gasteiger partial charge in [0.15, 0.2) is 8.07 Å². The number of para-hydroxylation sites is 1. The summed E-state index contributed by atoms with van der Waals surface area (Å²) in [6.45, 7) is 11.9. The monoisotopic (exact) mass is 1080 g/mol. The third kappa shape index (κ3) is 9.15. The molecule has 0 spiro atoms. The maximum Gasteiger partial charge on any atom is 0.269 e. The number of nitrogens with zero attached hydrogens (tertiary/aromatic N) is 4. The molecule has 12 rings (SSSR count). The molecule has 0 aliphatic heterocycles. The van der Waals surface area contributed by atoms with Gasteiger partial charge in [-0.3, -0.25) is 13.7 Å². The maximum atomic E-state index is 10.1. The normalized spacial score (nSPS) is 16.5. The quantitative estimate of drug-likeness (QED) is 0.0592. The van der Waals surface area contributed by atoms with Crippen LogP contribution in [0.15, 0.2) is 224 Å². The van der Waals surface area contributed by atoms with Gasteiger partial charge in [-0.1, -0.05) is 220 Å². The molecule has 0 saturated carbocycles. The van der Waals surface area contributed by atoms with Crippen LogP contribution in [0.3, 0.4) is 0 Å². The molecule has 0 atom stereocenters. The first-order chi connectivity index (χ1) is 47.0. The Morgan fingerprint density at radius 2 is 1.15 bits per heavy atom. The van der Waals surface area contributed by atoms with Gasteiger partial charge in [0.1, 0.15) is 17.3 Å². The second kappa shape index (κ2) is 19.9. The Kier molecular flexibility index (Phi) is 8.26. The van der Waals surface area contributed by atoms with Crippen molar-refractivity contribution in [2.24, 2.45) is 0 Å². The highest BCUT2D eigenvalue weighted by molar-refractivity contribution is 7.20. The summed E-state index contributed by atoms with van der Waals surface area (Å²) in [6.07, 6.45) is 5.35. The molecule has 0 radical (unpaired) electrons. The van der Waals surface area contributed by atoms with Crippen molar-refractivity contribution in [1.82, 2.24) is 14.1 Å². The van der Waals surface area contributed by atoms with E-state index in [9.17, 15) is 16.4 Å². The minimum atomic E-state index is -5.97. The van der Waals surface area contributed by atoms with Crippen LogP contribution in [0, 0.1) is 20.0 Å². The van der Waals surface area contributed by atoms with E-state index < -0.39 is 139 Å². The van der Waals surface area contributed by atoms with Gasteiger partial charge in [-0.2, -0.15) is 0 Å². The van der Waals surface area contributed by atoms with Gasteiger partial charge in [0, 0.05) is 31.3 Å². The number of hydrogen-bond acceptors (Lipinski definition) is 2. The van der Waals surface area contributed by atoms with Gasteiger partial charge >= 0.3 is 0 Å². The zero-order valence-electron chi connectivity index (χ0n) is 66.9. The second-order valence-corrected chi connectivity index (χ2v) is 26.7. The Labute approximate surface area is 503 Å². The van der Waals surface area contributed by atoms with Gasteiger partial charge in [-0.25, -0.2) is 4.98 Å². The minimum Gasteiger partial charge on any atom is -0.458 e. The second-order valence-electron chi connectivity index (χ2n) is 23.2. The molecule has 0 saturated heterocycles. The lowest BCUT2D eigenvalue weighted by Crippen LogP contribution is -2.76. The molecule has 3 heterocycles. The van der Waals surface area contributed by atoms with Crippen molar-refractivity contribution < 1.29 is 38.1 Å². The lowest BCUT2D eigenvalue weighted by Gasteiger charge is -2.39. The van der Waals surface area contributed by atoms with Crippen molar-refractivity contribution in [2.45, 2.75) is 92.3 Å². The lowest BCUT2D eigenvalue weighted by molar-refractivity contribution is -0.572. The van der Waals surface area contributed by atoms with Crippen molar-refractivity contribution in [2.75, 3.05) is 0 Å². The van der Waals surface area contributed by atoms with E-state index in [1.807, 2.05) is 96.1 Å². The summed E-state index contributed by atoms with van der Waals surface area (Å²) < 4.78 is 209. The Balaban J connectivity index is 1.26. The first-order valence-corrected chi connectivity index (χ1v) is 28.4. The third-order valence-electron chi connectivity index (χ3n) is 14.8. The van der Waals surface area contributed by atoms with Crippen LogP contribution in [-0.4, -0.2) is 22.2 Å². The molecule has 0 amide bonds. The van der Waals surface area contributed by atoms with Gasteiger partial charge in [-0.05, 0) is 144 Å². The molecule has 6 heteroatoms. The standard InChI is InChI=1S/C74H70N4OSi/c1-50-25-23-26-51(2)70(50)52-37-40-65-67(43-52)76(55-27-24-28-56(47-55)79-57-38-39-62-61-35-21-22-36-64(61)78(66(62)48-57)69-46-53(41-42-75-69)72(3,4)5)49-77(65)71-63(74(9,10)11)44-54(73(6,7)8)45-68(71)80(58-29-15-12-16-30-58,59-31-17-13-18-32-59)60-33-19-14-20-34-60/h12-48H,1-11H3/i1D3,2D3,12D,13D,14D,15D,16D,17D,18D,19D,20D,29D,30D,31D,32D,33D,34D. The van der Waals surface area contributed by atoms with Crippen LogP contribution in [-0.2, 0) is 16.2 Å². The molecular formula is C74H70N4OSi. The summed E-state index contributed by atoms with van der Waals surface area (Å²) in [4.78, 5) is 4.86. The average Bonchev–Trinajstić information content (AvgIpc) is 0.838. The van der Waals surface area contributed by atoms with E-state index >= 15 is 0 Å². The van der Waals surface area contributed by atoms with Crippen molar-refractivity contribution in [1.29, 1.82) is 0 Å². The van der Waals surface area contributed by atoms with E-state index in [-0.39, 0.29) is 49.6 Å². The summed E-state index contributed by atoms with van der Waals surface area (Å²) in [5.41, 5.74) is 1.67. The number of hydrogen-bond donors (Lipinski definition) is 0. The van der Waals surface area contributed by atoms with Crippen LogP contribution >= 0.6 is 0 Å². The highest BCUT2D eigenvalue weighted by atomic mass is 28.3. The fraction of sp³-hybridized carbons (Fsp3) is 0.189. The Morgan fingerprint density at radius 3 is 1.77 bits per heavy atom. The van der Waals surface area contributed by atoms with Crippen molar-refractivity contribution in [3.8, 4) is 39.8 Å². The molecule has 5 nitrogen and oxygen atoms in total. The third-order valence-corrected chi connectivity index (χ3v) is 19.0. The van der Waals surface area contributed by atoms with Crippen LogP contribution in [0.25, 0.3) is 61.2 Å². The molecule has 0 aliphatic rings. The van der Waals surface area contributed by atoms with Gasteiger partial charge in [0.2, 0.25) is 0 Å². The van der Waals surface area contributed by atoms with Crippen LogP contribution in [0.5, 0.6) is 11.5 Å². The Bertz CT molecular complexity index is 5170. The summed E-state index contributed by atoms with van der Waals surface area (Å²) in [6, 6.07) is 23.0. The van der Waals surface area contributed by atoms with Crippen molar-refractivity contribution >= 4 is 61.7 Å². The zero-order chi connectivity index (χ0) is 73.8. The number of fused-ring (bicyclic) bond motifs is 4. The van der Waals surface area contributed by atoms with Crippen LogP contribution in [0.2, 0.25) is 0 Å². The Hall–Kier alpha value is -8.58. The van der Waals surface area contributed by atoms with E-state index in [2.05, 4.69) is 37.7 Å². The summed E-state index contributed by atoms with van der Waals surface area (Å²) in [5, 5.41) is -0.337. The fourth-order valence-corrected chi connectivity index (χ4v) is 14.9. The van der Waals surface area contributed by atoms with E-state index in [0.29, 0.717) is 34.1 Å². The lowest BCUT2D eigenvalue weighted by atomic mass is 9.79. The number of aromatic nitrogens is 4. The first kappa shape index (κ1) is 33.1. The SMILES string of the molecule is [2H]c1c([2H])c([2H])c([Si](c2cc(C(C)(C)C)cc(C(C)(C)C)c2-[n+]2[c-]n(-c3cccc(Oc4ccc5c6ccccc6n(-c6cc(C(C)(C)C)ccn6)c5c4)c3)c3cc(-c4c(C([2H])([2H])[2H])cccc4C([2H])([2H])[2H])ccc32)(c2c([2H])c([2H])c([2H])c([2H])c2[2H])c2c([2H])c([2H])c([2H])c([2H])c2[2H])c([2H])c1[2H]. The summed E-state index contributed by atoms with van der Waals surface area (Å²) in [7, 11) is -5.97. The molecule has 12 aromatic rings. The van der Waals surface area contributed by atoms with Crippen LogP contribution in [0.1, 0.15) is 119 Å². The van der Waals surface area contributed by atoms with E-state index in [0.717, 1.165) is 27.4 Å². The first-order valence-electron chi connectivity index (χ1n) is 36.9. The molecule has 0 fully saturated rings. The topological polar surface area (TPSA) is 35.9 Å². The van der Waals surface area contributed by atoms with Crippen LogP contribution in [0.4, 0.5) is 0 Å². The molecule has 0 unspecified atom stereocenters. The minimum absolute atomic E-state index is 0.0174. The number of imidazole rings is 1. The van der Waals surface area contributed by atoms with E-state index in [4.69, 9.17) is 22.1 Å². The van der Waals surface area contributed by atoms with E-state index in [1.165, 1.54) is 24.3 Å². The number of benzene rings is 9. The molecule has 0 bridgehead atoms.